The second kappa shape index (κ2) is 6.99. The fourth-order valence-electron chi connectivity index (χ4n) is 2.80. The molecule has 0 bridgehead atoms. The van der Waals surface area contributed by atoms with Gasteiger partial charge in [0.1, 0.15) is 23.0 Å². The van der Waals surface area contributed by atoms with Crippen LogP contribution in [0.1, 0.15) is 37.2 Å². The lowest BCUT2D eigenvalue weighted by Crippen LogP contribution is -2.13. The smallest absolute Gasteiger partial charge is 0.224 e. The van der Waals surface area contributed by atoms with Crippen LogP contribution in [0.25, 0.3) is 0 Å². The van der Waals surface area contributed by atoms with E-state index in [4.69, 9.17) is 13.9 Å². The maximum Gasteiger partial charge on any atom is 0.224 e. The summed E-state index contributed by atoms with van der Waals surface area (Å²) in [6.45, 7) is 2.22. The fraction of sp³-hybridized carbons (Fsp3) is 0.421. The summed E-state index contributed by atoms with van der Waals surface area (Å²) < 4.78 is 16.3. The molecule has 1 N–H and O–H groups in total. The summed E-state index contributed by atoms with van der Waals surface area (Å²) in [7, 11) is 3.15. The standard InChI is InChI=1S/C19H23NO4/c1-12-10-15(12)17-8-5-13(24-17)6-9-19(21)20-16-7-4-14(22-2)11-18(16)23-3/h4-5,7-8,11-12,15H,6,9-10H2,1-3H3,(H,20,21)/t12-,15-/m1/s1. The molecular weight excluding hydrogens is 306 g/mol. The molecule has 1 heterocycles. The van der Waals surface area contributed by atoms with E-state index in [0.717, 1.165) is 17.4 Å². The monoisotopic (exact) mass is 329 g/mol. The average molecular weight is 329 g/mol. The van der Waals surface area contributed by atoms with E-state index in [1.54, 1.807) is 32.4 Å². The summed E-state index contributed by atoms with van der Waals surface area (Å²) >= 11 is 0. The second-order valence-corrected chi connectivity index (χ2v) is 6.24. The Balaban J connectivity index is 1.55. The van der Waals surface area contributed by atoms with E-state index in [9.17, 15) is 4.79 Å². The van der Waals surface area contributed by atoms with Crippen LogP contribution in [0.4, 0.5) is 5.69 Å². The molecule has 5 heteroatoms. The molecule has 1 aromatic heterocycles. The number of anilines is 1. The number of methoxy groups -OCH3 is 2. The van der Waals surface area contributed by atoms with Gasteiger partial charge in [0.2, 0.25) is 5.91 Å². The molecule has 0 spiro atoms. The molecule has 1 aromatic carbocycles. The third-order valence-corrected chi connectivity index (χ3v) is 4.44. The fourth-order valence-corrected chi connectivity index (χ4v) is 2.80. The van der Waals surface area contributed by atoms with Gasteiger partial charge in [-0.15, -0.1) is 0 Å². The molecule has 0 radical (unpaired) electrons. The molecule has 128 valence electrons. The summed E-state index contributed by atoms with van der Waals surface area (Å²) in [5.74, 6) is 4.38. The average Bonchev–Trinajstić information content (AvgIpc) is 3.13. The summed E-state index contributed by atoms with van der Waals surface area (Å²) in [5.41, 5.74) is 0.634. The topological polar surface area (TPSA) is 60.7 Å². The molecule has 1 amide bonds. The molecular formula is C19H23NO4. The van der Waals surface area contributed by atoms with Gasteiger partial charge in [-0.3, -0.25) is 4.79 Å². The number of ether oxygens (including phenoxy) is 2. The molecule has 3 rings (SSSR count). The van der Waals surface area contributed by atoms with E-state index in [2.05, 4.69) is 12.2 Å². The van der Waals surface area contributed by atoms with Gasteiger partial charge >= 0.3 is 0 Å². The van der Waals surface area contributed by atoms with Crippen molar-refractivity contribution in [2.75, 3.05) is 19.5 Å². The van der Waals surface area contributed by atoms with Crippen molar-refractivity contribution in [3.8, 4) is 11.5 Å². The predicted molar refractivity (Wildman–Crippen MR) is 91.7 cm³/mol. The van der Waals surface area contributed by atoms with E-state index >= 15 is 0 Å². The van der Waals surface area contributed by atoms with Crippen molar-refractivity contribution in [3.63, 3.8) is 0 Å². The molecule has 0 unspecified atom stereocenters. The summed E-state index contributed by atoms with van der Waals surface area (Å²) in [4.78, 5) is 12.2. The quantitative estimate of drug-likeness (QED) is 0.834. The summed E-state index contributed by atoms with van der Waals surface area (Å²) in [6.07, 6.45) is 2.15. The van der Waals surface area contributed by atoms with Gasteiger partial charge in [-0.2, -0.15) is 0 Å². The third-order valence-electron chi connectivity index (χ3n) is 4.44. The van der Waals surface area contributed by atoms with Gasteiger partial charge in [0.05, 0.1) is 19.9 Å². The van der Waals surface area contributed by atoms with Crippen LogP contribution in [0.15, 0.2) is 34.7 Å². The summed E-state index contributed by atoms with van der Waals surface area (Å²) in [6, 6.07) is 9.31. The molecule has 1 aliphatic carbocycles. The largest absolute Gasteiger partial charge is 0.497 e. The molecule has 0 saturated heterocycles. The highest BCUT2D eigenvalue weighted by Gasteiger charge is 2.36. The first-order chi connectivity index (χ1) is 11.6. The minimum atomic E-state index is -0.0730. The van der Waals surface area contributed by atoms with Gasteiger partial charge < -0.3 is 19.2 Å². The third kappa shape index (κ3) is 3.72. The maximum absolute atomic E-state index is 12.2. The Labute approximate surface area is 141 Å². The van der Waals surface area contributed by atoms with E-state index in [1.165, 1.54) is 6.42 Å². The van der Waals surface area contributed by atoms with Gasteiger partial charge in [-0.1, -0.05) is 6.92 Å². The zero-order chi connectivity index (χ0) is 17.1. The van der Waals surface area contributed by atoms with Crippen LogP contribution in [0, 0.1) is 5.92 Å². The Morgan fingerprint density at radius 1 is 1.25 bits per heavy atom. The minimum Gasteiger partial charge on any atom is -0.497 e. The van der Waals surface area contributed by atoms with Crippen molar-refractivity contribution < 1.29 is 18.7 Å². The van der Waals surface area contributed by atoms with Crippen LogP contribution in [-0.2, 0) is 11.2 Å². The number of nitrogens with one attached hydrogen (secondary N) is 1. The molecule has 2 atom stereocenters. The van der Waals surface area contributed by atoms with Crippen molar-refractivity contribution in [1.82, 2.24) is 0 Å². The number of furan rings is 1. The van der Waals surface area contributed by atoms with Crippen LogP contribution in [0.3, 0.4) is 0 Å². The maximum atomic E-state index is 12.2. The van der Waals surface area contributed by atoms with Crippen LogP contribution in [0.2, 0.25) is 0 Å². The van der Waals surface area contributed by atoms with Gasteiger partial charge in [0, 0.05) is 24.8 Å². The molecule has 1 fully saturated rings. The molecule has 1 aliphatic rings. The van der Waals surface area contributed by atoms with Crippen LogP contribution in [-0.4, -0.2) is 20.1 Å². The molecule has 24 heavy (non-hydrogen) atoms. The van der Waals surface area contributed by atoms with Crippen LogP contribution < -0.4 is 14.8 Å². The lowest BCUT2D eigenvalue weighted by Gasteiger charge is -2.11. The zero-order valence-electron chi connectivity index (χ0n) is 14.3. The van der Waals surface area contributed by atoms with Crippen LogP contribution in [0.5, 0.6) is 11.5 Å². The van der Waals surface area contributed by atoms with E-state index in [0.29, 0.717) is 35.9 Å². The van der Waals surface area contributed by atoms with Crippen LogP contribution >= 0.6 is 0 Å². The molecule has 5 nitrogen and oxygen atoms in total. The highest BCUT2D eigenvalue weighted by molar-refractivity contribution is 5.92. The number of carbonyl (C=O) groups excluding carboxylic acids is 1. The first-order valence-electron chi connectivity index (χ1n) is 8.21. The SMILES string of the molecule is COc1ccc(NC(=O)CCc2ccc([C@@H]3C[C@H]3C)o2)c(OC)c1. The number of benzene rings is 1. The number of aryl methyl sites for hydroxylation is 1. The van der Waals surface area contributed by atoms with Gasteiger partial charge in [-0.25, -0.2) is 0 Å². The Hall–Kier alpha value is -2.43. The lowest BCUT2D eigenvalue weighted by atomic mass is 10.2. The first kappa shape index (κ1) is 16.4. The Kier molecular flexibility index (Phi) is 4.79. The van der Waals surface area contributed by atoms with Crippen molar-refractivity contribution in [3.05, 3.63) is 41.9 Å². The van der Waals surface area contributed by atoms with Gasteiger partial charge in [0.25, 0.3) is 0 Å². The van der Waals surface area contributed by atoms with Crippen molar-refractivity contribution in [1.29, 1.82) is 0 Å². The normalized spacial score (nSPS) is 19.0. The van der Waals surface area contributed by atoms with E-state index in [1.807, 2.05) is 12.1 Å². The lowest BCUT2D eigenvalue weighted by molar-refractivity contribution is -0.116. The van der Waals surface area contributed by atoms with Crippen molar-refractivity contribution in [2.45, 2.75) is 32.1 Å². The molecule has 0 aliphatic heterocycles. The summed E-state index contributed by atoms with van der Waals surface area (Å²) in [5, 5.41) is 2.87. The number of hydrogen-bond donors (Lipinski definition) is 1. The second-order valence-electron chi connectivity index (χ2n) is 6.24. The van der Waals surface area contributed by atoms with Gasteiger partial charge in [-0.05, 0) is 36.6 Å². The number of rotatable bonds is 7. The van der Waals surface area contributed by atoms with Crippen molar-refractivity contribution >= 4 is 11.6 Å². The first-order valence-corrected chi connectivity index (χ1v) is 8.21. The minimum absolute atomic E-state index is 0.0730. The highest BCUT2D eigenvalue weighted by Crippen LogP contribution is 2.47. The van der Waals surface area contributed by atoms with E-state index < -0.39 is 0 Å². The van der Waals surface area contributed by atoms with E-state index in [-0.39, 0.29) is 5.91 Å². The number of hydrogen-bond acceptors (Lipinski definition) is 4. The predicted octanol–water partition coefficient (Wildman–Crippen LogP) is 3.99. The van der Waals surface area contributed by atoms with Gasteiger partial charge in [0.15, 0.2) is 0 Å². The zero-order valence-corrected chi connectivity index (χ0v) is 14.3. The number of amides is 1. The Bertz CT molecular complexity index is 722. The molecule has 2 aromatic rings. The molecule has 1 saturated carbocycles. The highest BCUT2D eigenvalue weighted by atomic mass is 16.5. The Morgan fingerprint density at radius 2 is 2.04 bits per heavy atom. The Morgan fingerprint density at radius 3 is 2.71 bits per heavy atom. The van der Waals surface area contributed by atoms with Crippen molar-refractivity contribution in [2.24, 2.45) is 5.92 Å². The number of carbonyl (C=O) groups is 1.